The highest BCUT2D eigenvalue weighted by Gasteiger charge is 2.32. The van der Waals surface area contributed by atoms with Crippen LogP contribution in [0.4, 0.5) is 5.69 Å². The number of hydrogen-bond donors (Lipinski definition) is 2. The smallest absolute Gasteiger partial charge is 0.269 e. The molecule has 6 nitrogen and oxygen atoms in total. The molecule has 0 radical (unpaired) electrons. The summed E-state index contributed by atoms with van der Waals surface area (Å²) >= 11 is 0. The maximum Gasteiger partial charge on any atom is 0.269 e. The van der Waals surface area contributed by atoms with Crippen LogP contribution >= 0.6 is 0 Å². The number of rotatable bonds is 5. The fourth-order valence-electron chi connectivity index (χ4n) is 2.67. The Morgan fingerprint density at radius 2 is 2.14 bits per heavy atom. The highest BCUT2D eigenvalue weighted by Crippen LogP contribution is 2.29. The summed E-state index contributed by atoms with van der Waals surface area (Å²) in [5.41, 5.74) is -0.223. The largest absolute Gasteiger partial charge is 0.388 e. The van der Waals surface area contributed by atoms with Gasteiger partial charge in [0, 0.05) is 18.7 Å². The van der Waals surface area contributed by atoms with Crippen molar-refractivity contribution in [1.82, 2.24) is 5.32 Å². The Bertz CT molecular complexity index is 538. The standard InChI is InChI=1S/C15H20N2O4/c1-11(12-5-4-6-13(9-12)17(20)21)14(18)16-10-15(19)7-2-3-8-15/h4-6,9,11,19H,2-3,7-8,10H2,1H3,(H,16,18). The molecule has 0 aliphatic heterocycles. The summed E-state index contributed by atoms with van der Waals surface area (Å²) in [4.78, 5) is 22.4. The molecule has 2 N–H and O–H groups in total. The first-order valence-electron chi connectivity index (χ1n) is 7.16. The molecule has 0 aromatic heterocycles. The van der Waals surface area contributed by atoms with Crippen molar-refractivity contribution in [3.8, 4) is 0 Å². The fraction of sp³-hybridized carbons (Fsp3) is 0.533. The van der Waals surface area contributed by atoms with Crippen LogP contribution in [0, 0.1) is 10.1 Å². The third kappa shape index (κ3) is 3.78. The van der Waals surface area contributed by atoms with Crippen molar-refractivity contribution in [3.05, 3.63) is 39.9 Å². The second kappa shape index (κ2) is 6.22. The van der Waals surface area contributed by atoms with E-state index < -0.39 is 16.4 Å². The van der Waals surface area contributed by atoms with Crippen molar-refractivity contribution in [3.63, 3.8) is 0 Å². The van der Waals surface area contributed by atoms with Gasteiger partial charge < -0.3 is 10.4 Å². The number of carbonyl (C=O) groups excluding carboxylic acids is 1. The number of carbonyl (C=O) groups is 1. The van der Waals surface area contributed by atoms with Crippen LogP contribution in [-0.2, 0) is 4.79 Å². The zero-order chi connectivity index (χ0) is 15.5. The van der Waals surface area contributed by atoms with E-state index in [1.807, 2.05) is 0 Å². The minimum absolute atomic E-state index is 0.0263. The van der Waals surface area contributed by atoms with Gasteiger partial charge in [0.05, 0.1) is 16.4 Å². The molecule has 1 amide bonds. The summed E-state index contributed by atoms with van der Waals surface area (Å²) in [6.45, 7) is 1.94. The molecule has 0 saturated heterocycles. The summed E-state index contributed by atoms with van der Waals surface area (Å²) in [5.74, 6) is -0.717. The Balaban J connectivity index is 1.98. The molecule has 2 rings (SSSR count). The van der Waals surface area contributed by atoms with E-state index in [2.05, 4.69) is 5.32 Å². The molecule has 1 atom stereocenters. The highest BCUT2D eigenvalue weighted by atomic mass is 16.6. The van der Waals surface area contributed by atoms with Gasteiger partial charge in [0.15, 0.2) is 0 Å². The molecule has 1 fully saturated rings. The second-order valence-corrected chi connectivity index (χ2v) is 5.72. The minimum atomic E-state index is -0.794. The van der Waals surface area contributed by atoms with E-state index >= 15 is 0 Å². The number of amides is 1. The molecule has 1 aliphatic carbocycles. The van der Waals surface area contributed by atoms with Gasteiger partial charge in [-0.2, -0.15) is 0 Å². The topological polar surface area (TPSA) is 92.5 Å². The van der Waals surface area contributed by atoms with Crippen LogP contribution in [-0.4, -0.2) is 28.1 Å². The Hall–Kier alpha value is -1.95. The van der Waals surface area contributed by atoms with Gasteiger partial charge in [-0.25, -0.2) is 0 Å². The van der Waals surface area contributed by atoms with Crippen molar-refractivity contribution < 1.29 is 14.8 Å². The van der Waals surface area contributed by atoms with Gasteiger partial charge in [0.1, 0.15) is 0 Å². The molecular formula is C15H20N2O4. The number of nitro benzene ring substituents is 1. The van der Waals surface area contributed by atoms with E-state index in [9.17, 15) is 20.0 Å². The second-order valence-electron chi connectivity index (χ2n) is 5.72. The van der Waals surface area contributed by atoms with Crippen molar-refractivity contribution in [2.45, 2.75) is 44.1 Å². The van der Waals surface area contributed by atoms with Crippen molar-refractivity contribution in [1.29, 1.82) is 0 Å². The molecule has 0 bridgehead atoms. The van der Waals surface area contributed by atoms with Gasteiger partial charge >= 0.3 is 0 Å². The van der Waals surface area contributed by atoms with E-state index in [0.29, 0.717) is 18.4 Å². The first kappa shape index (κ1) is 15.4. The molecule has 1 unspecified atom stereocenters. The molecule has 0 heterocycles. The van der Waals surface area contributed by atoms with Crippen LogP contribution in [0.2, 0.25) is 0 Å². The zero-order valence-corrected chi connectivity index (χ0v) is 12.0. The zero-order valence-electron chi connectivity index (χ0n) is 12.0. The number of non-ortho nitro benzene ring substituents is 1. The molecule has 1 aromatic rings. The summed E-state index contributed by atoms with van der Waals surface area (Å²) in [6, 6.07) is 6.08. The number of hydrogen-bond acceptors (Lipinski definition) is 4. The number of nitro groups is 1. The van der Waals surface area contributed by atoms with Crippen molar-refractivity contribution in [2.24, 2.45) is 0 Å². The first-order valence-corrected chi connectivity index (χ1v) is 7.16. The van der Waals surface area contributed by atoms with Crippen LogP contribution in [0.3, 0.4) is 0 Å². The third-order valence-electron chi connectivity index (χ3n) is 4.10. The van der Waals surface area contributed by atoms with Gasteiger partial charge in [0.2, 0.25) is 5.91 Å². The maximum absolute atomic E-state index is 12.1. The molecule has 21 heavy (non-hydrogen) atoms. The average molecular weight is 292 g/mol. The van der Waals surface area contributed by atoms with Gasteiger partial charge in [-0.15, -0.1) is 0 Å². The van der Waals surface area contributed by atoms with Gasteiger partial charge in [-0.05, 0) is 25.3 Å². The normalized spacial score (nSPS) is 18.2. The third-order valence-corrected chi connectivity index (χ3v) is 4.10. The lowest BCUT2D eigenvalue weighted by Crippen LogP contribution is -2.42. The lowest BCUT2D eigenvalue weighted by molar-refractivity contribution is -0.384. The Morgan fingerprint density at radius 3 is 2.76 bits per heavy atom. The predicted molar refractivity (Wildman–Crippen MR) is 77.9 cm³/mol. The van der Waals surface area contributed by atoms with E-state index in [1.165, 1.54) is 12.1 Å². The van der Waals surface area contributed by atoms with Crippen molar-refractivity contribution in [2.75, 3.05) is 6.54 Å². The van der Waals surface area contributed by atoms with E-state index in [0.717, 1.165) is 12.8 Å². The SMILES string of the molecule is CC(C(=O)NCC1(O)CCCC1)c1cccc([N+](=O)[O-])c1. The van der Waals surface area contributed by atoms with Gasteiger partial charge in [-0.1, -0.05) is 25.0 Å². The quantitative estimate of drug-likeness (QED) is 0.642. The summed E-state index contributed by atoms with van der Waals surface area (Å²) in [6.07, 6.45) is 3.37. The Kier molecular flexibility index (Phi) is 4.57. The van der Waals surface area contributed by atoms with Crippen molar-refractivity contribution >= 4 is 11.6 Å². The first-order chi connectivity index (χ1) is 9.91. The van der Waals surface area contributed by atoms with E-state index in [4.69, 9.17) is 0 Å². The predicted octanol–water partition coefficient (Wildman–Crippen LogP) is 2.12. The Morgan fingerprint density at radius 1 is 1.48 bits per heavy atom. The molecule has 114 valence electrons. The molecular weight excluding hydrogens is 272 g/mol. The highest BCUT2D eigenvalue weighted by molar-refractivity contribution is 5.83. The number of aliphatic hydroxyl groups is 1. The number of benzene rings is 1. The summed E-state index contributed by atoms with van der Waals surface area (Å²) in [5, 5.41) is 23.7. The number of nitrogens with one attached hydrogen (secondary N) is 1. The molecule has 1 saturated carbocycles. The average Bonchev–Trinajstić information content (AvgIpc) is 2.91. The maximum atomic E-state index is 12.1. The molecule has 1 aliphatic rings. The lowest BCUT2D eigenvalue weighted by atomic mass is 9.98. The lowest BCUT2D eigenvalue weighted by Gasteiger charge is -2.23. The van der Waals surface area contributed by atoms with Crippen LogP contribution in [0.15, 0.2) is 24.3 Å². The van der Waals surface area contributed by atoms with Crippen LogP contribution in [0.25, 0.3) is 0 Å². The van der Waals surface area contributed by atoms with E-state index in [1.54, 1.807) is 19.1 Å². The van der Waals surface area contributed by atoms with Crippen LogP contribution in [0.1, 0.15) is 44.1 Å². The fourth-order valence-corrected chi connectivity index (χ4v) is 2.67. The van der Waals surface area contributed by atoms with E-state index in [-0.39, 0.29) is 18.1 Å². The summed E-state index contributed by atoms with van der Waals surface area (Å²) in [7, 11) is 0. The molecule has 1 aromatic carbocycles. The molecule has 6 heteroatoms. The monoisotopic (exact) mass is 292 g/mol. The van der Waals surface area contributed by atoms with Gasteiger partial charge in [-0.3, -0.25) is 14.9 Å². The molecule has 0 spiro atoms. The minimum Gasteiger partial charge on any atom is -0.388 e. The Labute approximate surface area is 123 Å². The van der Waals surface area contributed by atoms with Crippen LogP contribution in [0.5, 0.6) is 0 Å². The number of nitrogens with zero attached hydrogens (tertiary/aromatic N) is 1. The summed E-state index contributed by atoms with van der Waals surface area (Å²) < 4.78 is 0. The van der Waals surface area contributed by atoms with Crippen LogP contribution < -0.4 is 5.32 Å². The van der Waals surface area contributed by atoms with Gasteiger partial charge in [0.25, 0.3) is 5.69 Å².